The third-order valence-electron chi connectivity index (χ3n) is 4.47. The largest absolute Gasteiger partial charge is 0.477 e. The van der Waals surface area contributed by atoms with Crippen LogP contribution >= 0.6 is 0 Å². The Morgan fingerprint density at radius 2 is 1.93 bits per heavy atom. The van der Waals surface area contributed by atoms with E-state index in [1.54, 1.807) is 23.0 Å². The number of nitrogens with one attached hydrogen (secondary N) is 1. The quantitative estimate of drug-likeness (QED) is 0.646. The molecule has 0 saturated heterocycles. The van der Waals surface area contributed by atoms with E-state index in [2.05, 4.69) is 27.5 Å². The van der Waals surface area contributed by atoms with Crippen LogP contribution in [0, 0.1) is 6.92 Å². The maximum atomic E-state index is 12.9. The number of hydrogen-bond donors (Lipinski definition) is 1. The Morgan fingerprint density at radius 1 is 1.14 bits per heavy atom. The van der Waals surface area contributed by atoms with Crippen LogP contribution in [-0.4, -0.2) is 32.5 Å². The molecule has 2 aromatic heterocycles. The molecule has 2 heterocycles. The van der Waals surface area contributed by atoms with Crippen LogP contribution in [0.3, 0.4) is 0 Å². The number of carbonyl (C=O) groups is 1. The lowest BCUT2D eigenvalue weighted by molar-refractivity contribution is 0.0934. The predicted octanol–water partition coefficient (Wildman–Crippen LogP) is 3.64. The van der Waals surface area contributed by atoms with Crippen molar-refractivity contribution in [2.75, 3.05) is 6.61 Å². The number of nitrogens with zero attached hydrogens (tertiary/aromatic N) is 4. The smallest absolute Gasteiger partial charge is 0.255 e. The van der Waals surface area contributed by atoms with Gasteiger partial charge in [-0.1, -0.05) is 43.7 Å². The Balaban J connectivity index is 1.79. The van der Waals surface area contributed by atoms with E-state index in [-0.39, 0.29) is 11.9 Å². The summed E-state index contributed by atoms with van der Waals surface area (Å²) < 4.78 is 6.92. The first-order chi connectivity index (χ1) is 13.6. The van der Waals surface area contributed by atoms with Crippen LogP contribution in [0.25, 0.3) is 5.82 Å². The molecule has 28 heavy (non-hydrogen) atoms. The molecule has 1 N–H and O–H groups in total. The fourth-order valence-corrected chi connectivity index (χ4v) is 3.05. The summed E-state index contributed by atoms with van der Waals surface area (Å²) in [6, 6.07) is 13.5. The summed E-state index contributed by atoms with van der Waals surface area (Å²) in [4.78, 5) is 12.9. The average Bonchev–Trinajstić information content (AvgIpc) is 3.10. The lowest BCUT2D eigenvalue weighted by atomic mass is 10.0. The van der Waals surface area contributed by atoms with Gasteiger partial charge in [0.05, 0.1) is 30.1 Å². The number of ether oxygens (including phenoxy) is 1. The Morgan fingerprint density at radius 3 is 2.57 bits per heavy atom. The number of aromatic nitrogens is 4. The zero-order valence-electron chi connectivity index (χ0n) is 16.4. The standard InChI is InChI=1S/C21H25N5O2/c1-4-9-18(16-10-7-6-8-11-16)23-21(27)17-14-22-26(15(17)3)19-12-13-20(25-24-19)28-5-2/h6-8,10-14,18H,4-5,9H2,1-3H3,(H,23,27). The van der Waals surface area contributed by atoms with Gasteiger partial charge in [0.1, 0.15) is 0 Å². The van der Waals surface area contributed by atoms with Crippen LogP contribution in [0.1, 0.15) is 54.3 Å². The third kappa shape index (κ3) is 4.36. The van der Waals surface area contributed by atoms with Gasteiger partial charge in [0.15, 0.2) is 5.82 Å². The van der Waals surface area contributed by atoms with Crippen molar-refractivity contribution in [2.24, 2.45) is 0 Å². The summed E-state index contributed by atoms with van der Waals surface area (Å²) in [7, 11) is 0. The van der Waals surface area contributed by atoms with Crippen LogP contribution in [-0.2, 0) is 0 Å². The first-order valence-corrected chi connectivity index (χ1v) is 9.51. The van der Waals surface area contributed by atoms with E-state index in [0.717, 1.165) is 18.4 Å². The van der Waals surface area contributed by atoms with Gasteiger partial charge in [-0.25, -0.2) is 4.68 Å². The summed E-state index contributed by atoms with van der Waals surface area (Å²) in [5.74, 6) is 0.845. The van der Waals surface area contributed by atoms with Gasteiger partial charge in [-0.2, -0.15) is 5.10 Å². The molecule has 0 saturated carbocycles. The van der Waals surface area contributed by atoms with Crippen molar-refractivity contribution < 1.29 is 9.53 Å². The predicted molar refractivity (Wildman–Crippen MR) is 107 cm³/mol. The van der Waals surface area contributed by atoms with E-state index >= 15 is 0 Å². The molecule has 7 heteroatoms. The van der Waals surface area contributed by atoms with E-state index in [1.165, 1.54) is 0 Å². The molecule has 146 valence electrons. The number of amides is 1. The molecule has 0 aliphatic rings. The van der Waals surface area contributed by atoms with E-state index in [0.29, 0.717) is 29.6 Å². The van der Waals surface area contributed by atoms with Crippen molar-refractivity contribution in [1.29, 1.82) is 0 Å². The molecule has 1 amide bonds. The minimum atomic E-state index is -0.148. The van der Waals surface area contributed by atoms with Gasteiger partial charge in [0, 0.05) is 6.07 Å². The molecule has 3 rings (SSSR count). The molecule has 0 fully saturated rings. The van der Waals surface area contributed by atoms with Crippen molar-refractivity contribution in [3.63, 3.8) is 0 Å². The van der Waals surface area contributed by atoms with Gasteiger partial charge in [-0.05, 0) is 31.9 Å². The highest BCUT2D eigenvalue weighted by atomic mass is 16.5. The van der Waals surface area contributed by atoms with Gasteiger partial charge in [-0.15, -0.1) is 10.2 Å². The Labute approximate surface area is 164 Å². The third-order valence-corrected chi connectivity index (χ3v) is 4.47. The highest BCUT2D eigenvalue weighted by Crippen LogP contribution is 2.20. The minimum Gasteiger partial charge on any atom is -0.477 e. The van der Waals surface area contributed by atoms with E-state index < -0.39 is 0 Å². The van der Waals surface area contributed by atoms with Crippen molar-refractivity contribution >= 4 is 5.91 Å². The van der Waals surface area contributed by atoms with Crippen molar-refractivity contribution in [2.45, 2.75) is 39.7 Å². The number of carbonyl (C=O) groups excluding carboxylic acids is 1. The average molecular weight is 379 g/mol. The van der Waals surface area contributed by atoms with Crippen LogP contribution in [0.15, 0.2) is 48.7 Å². The molecule has 3 aromatic rings. The second kappa shape index (κ2) is 9.12. The van der Waals surface area contributed by atoms with Crippen LogP contribution in [0.5, 0.6) is 5.88 Å². The molecule has 1 aromatic carbocycles. The summed E-state index contributed by atoms with van der Waals surface area (Å²) in [6.45, 7) is 6.37. The van der Waals surface area contributed by atoms with E-state index in [4.69, 9.17) is 4.74 Å². The molecule has 1 atom stereocenters. The van der Waals surface area contributed by atoms with Gasteiger partial charge in [0.25, 0.3) is 5.91 Å². The fourth-order valence-electron chi connectivity index (χ4n) is 3.05. The highest BCUT2D eigenvalue weighted by molar-refractivity contribution is 5.95. The molecule has 0 radical (unpaired) electrons. The zero-order valence-corrected chi connectivity index (χ0v) is 16.4. The van der Waals surface area contributed by atoms with E-state index in [9.17, 15) is 4.79 Å². The lowest BCUT2D eigenvalue weighted by Gasteiger charge is -2.18. The molecule has 0 aliphatic heterocycles. The maximum absolute atomic E-state index is 12.9. The van der Waals surface area contributed by atoms with Crippen LogP contribution in [0.2, 0.25) is 0 Å². The van der Waals surface area contributed by atoms with Crippen LogP contribution < -0.4 is 10.1 Å². The Kier molecular flexibility index (Phi) is 6.37. The van der Waals surface area contributed by atoms with Crippen molar-refractivity contribution in [1.82, 2.24) is 25.3 Å². The van der Waals surface area contributed by atoms with Gasteiger partial charge < -0.3 is 10.1 Å². The zero-order chi connectivity index (χ0) is 19.9. The van der Waals surface area contributed by atoms with Gasteiger partial charge in [-0.3, -0.25) is 4.79 Å². The highest BCUT2D eigenvalue weighted by Gasteiger charge is 2.20. The summed E-state index contributed by atoms with van der Waals surface area (Å²) in [5, 5.41) is 15.6. The number of rotatable bonds is 8. The molecule has 1 unspecified atom stereocenters. The second-order valence-corrected chi connectivity index (χ2v) is 6.44. The lowest BCUT2D eigenvalue weighted by Crippen LogP contribution is -2.28. The van der Waals surface area contributed by atoms with Gasteiger partial charge >= 0.3 is 0 Å². The van der Waals surface area contributed by atoms with E-state index in [1.807, 2.05) is 44.2 Å². The monoisotopic (exact) mass is 379 g/mol. The number of benzene rings is 1. The molecule has 0 aliphatic carbocycles. The molecule has 7 nitrogen and oxygen atoms in total. The fraction of sp³-hybridized carbons (Fsp3) is 0.333. The topological polar surface area (TPSA) is 81.9 Å². The maximum Gasteiger partial charge on any atom is 0.255 e. The molecular weight excluding hydrogens is 354 g/mol. The Hall–Kier alpha value is -3.22. The Bertz CT molecular complexity index is 906. The minimum absolute atomic E-state index is 0.0354. The second-order valence-electron chi connectivity index (χ2n) is 6.44. The molecular formula is C21H25N5O2. The first kappa shape index (κ1) is 19.5. The van der Waals surface area contributed by atoms with Gasteiger partial charge in [0.2, 0.25) is 5.88 Å². The van der Waals surface area contributed by atoms with Crippen molar-refractivity contribution in [3.05, 3.63) is 65.5 Å². The summed E-state index contributed by atoms with van der Waals surface area (Å²) in [5.41, 5.74) is 2.33. The molecule has 0 spiro atoms. The van der Waals surface area contributed by atoms with Crippen molar-refractivity contribution in [3.8, 4) is 11.7 Å². The summed E-state index contributed by atoms with van der Waals surface area (Å²) in [6.07, 6.45) is 3.41. The van der Waals surface area contributed by atoms with Crippen LogP contribution in [0.4, 0.5) is 0 Å². The first-order valence-electron chi connectivity index (χ1n) is 9.51. The normalized spacial score (nSPS) is 11.8. The molecule has 0 bridgehead atoms. The summed E-state index contributed by atoms with van der Waals surface area (Å²) >= 11 is 0. The SMILES string of the molecule is CCCC(NC(=O)c1cnn(-c2ccc(OCC)nn2)c1C)c1ccccc1. The number of hydrogen-bond acceptors (Lipinski definition) is 5.